The fraction of sp³-hybridized carbons (Fsp3) is 0.238. The van der Waals surface area contributed by atoms with Crippen LogP contribution in [0.3, 0.4) is 0 Å². The van der Waals surface area contributed by atoms with Gasteiger partial charge in [0.2, 0.25) is 10.0 Å². The summed E-state index contributed by atoms with van der Waals surface area (Å²) in [5.74, 6) is -1.12. The van der Waals surface area contributed by atoms with Gasteiger partial charge in [0, 0.05) is 19.8 Å². The molecule has 0 radical (unpaired) electrons. The van der Waals surface area contributed by atoms with Gasteiger partial charge in [0.1, 0.15) is 22.8 Å². The van der Waals surface area contributed by atoms with Crippen LogP contribution in [0.25, 0.3) is 11.3 Å². The second-order valence-corrected chi connectivity index (χ2v) is 9.77. The summed E-state index contributed by atoms with van der Waals surface area (Å²) in [6.07, 6.45) is 0. The Morgan fingerprint density at radius 3 is 2.48 bits per heavy atom. The van der Waals surface area contributed by atoms with Crippen LogP contribution >= 0.6 is 11.6 Å². The molecule has 0 saturated carbocycles. The van der Waals surface area contributed by atoms with Gasteiger partial charge >= 0.3 is 0 Å². The minimum absolute atomic E-state index is 0.00456. The molecule has 164 valence electrons. The van der Waals surface area contributed by atoms with Crippen LogP contribution < -0.4 is 5.32 Å². The number of nitrogens with zero attached hydrogens (tertiary/aromatic N) is 2. The van der Waals surface area contributed by atoms with Crippen molar-refractivity contribution in [3.05, 3.63) is 63.6 Å². The van der Waals surface area contributed by atoms with Crippen molar-refractivity contribution in [1.82, 2.24) is 9.46 Å². The first-order chi connectivity index (χ1) is 14.4. The van der Waals surface area contributed by atoms with Crippen LogP contribution in [0.1, 0.15) is 27.2 Å². The van der Waals surface area contributed by atoms with Crippen LogP contribution in [0.15, 0.2) is 39.8 Å². The summed E-state index contributed by atoms with van der Waals surface area (Å²) < 4.78 is 45.8. The number of aryl methyl sites for hydroxylation is 2. The van der Waals surface area contributed by atoms with Gasteiger partial charge in [-0.15, -0.1) is 0 Å². The molecule has 0 spiro atoms. The van der Waals surface area contributed by atoms with Gasteiger partial charge in [-0.05, 0) is 56.2 Å². The number of anilines is 1. The predicted octanol–water partition coefficient (Wildman–Crippen LogP) is 4.56. The Morgan fingerprint density at radius 2 is 1.87 bits per heavy atom. The minimum Gasteiger partial charge on any atom is -0.360 e. The Kier molecular flexibility index (Phi) is 6.22. The Bertz CT molecular complexity index is 1270. The summed E-state index contributed by atoms with van der Waals surface area (Å²) in [5.41, 5.74) is 1.58. The summed E-state index contributed by atoms with van der Waals surface area (Å²) in [7, 11) is -0.866. The highest BCUT2D eigenvalue weighted by Crippen LogP contribution is 2.34. The van der Waals surface area contributed by atoms with E-state index in [4.69, 9.17) is 16.1 Å². The first kappa shape index (κ1) is 22.9. The number of aromatic nitrogens is 1. The van der Waals surface area contributed by atoms with Gasteiger partial charge in [-0.25, -0.2) is 17.1 Å². The molecule has 0 atom stereocenters. The molecule has 2 aromatic carbocycles. The van der Waals surface area contributed by atoms with E-state index < -0.39 is 21.7 Å². The lowest BCUT2D eigenvalue weighted by Gasteiger charge is -2.16. The SMILES string of the molecule is Cc1cc(S(=O)(=O)N(C)C)cc(NC(=O)c2c(-c3c(F)cccc3Cl)noc2C)c1C. The Morgan fingerprint density at radius 1 is 1.19 bits per heavy atom. The monoisotopic (exact) mass is 465 g/mol. The first-order valence-electron chi connectivity index (χ1n) is 9.21. The number of hydrogen-bond donors (Lipinski definition) is 1. The largest absolute Gasteiger partial charge is 0.360 e. The lowest BCUT2D eigenvalue weighted by atomic mass is 10.0. The van der Waals surface area contributed by atoms with Crippen molar-refractivity contribution >= 4 is 33.2 Å². The molecular formula is C21H21ClFN3O4S. The normalized spacial score (nSPS) is 11.7. The molecule has 1 aromatic heterocycles. The smallest absolute Gasteiger partial charge is 0.261 e. The standard InChI is InChI=1S/C21H21ClFN3O4S/c1-11-9-14(31(28,29)26(4)5)10-17(12(11)2)24-21(27)18-13(3)30-25-20(18)19-15(22)7-6-8-16(19)23/h6-10H,1-5H3,(H,24,27). The zero-order chi connectivity index (χ0) is 23.1. The van der Waals surface area contributed by atoms with Crippen LogP contribution in [0, 0.1) is 26.6 Å². The van der Waals surface area contributed by atoms with Crippen molar-refractivity contribution in [3.63, 3.8) is 0 Å². The first-order valence-corrected chi connectivity index (χ1v) is 11.0. The van der Waals surface area contributed by atoms with Crippen LogP contribution in [0.4, 0.5) is 10.1 Å². The molecule has 0 aliphatic heterocycles. The quantitative estimate of drug-likeness (QED) is 0.596. The van der Waals surface area contributed by atoms with Crippen LogP contribution in [-0.4, -0.2) is 37.9 Å². The number of carbonyl (C=O) groups excluding carboxylic acids is 1. The number of rotatable bonds is 5. The molecule has 7 nitrogen and oxygen atoms in total. The third-order valence-corrected chi connectivity index (χ3v) is 7.06. The van der Waals surface area contributed by atoms with E-state index in [0.717, 1.165) is 4.31 Å². The predicted molar refractivity (Wildman–Crippen MR) is 116 cm³/mol. The van der Waals surface area contributed by atoms with E-state index in [0.29, 0.717) is 16.8 Å². The molecule has 10 heteroatoms. The van der Waals surface area contributed by atoms with Gasteiger partial charge in [0.15, 0.2) is 0 Å². The molecule has 3 rings (SSSR count). The second-order valence-electron chi connectivity index (χ2n) is 7.21. The highest BCUT2D eigenvalue weighted by Gasteiger charge is 2.27. The van der Waals surface area contributed by atoms with Crippen LogP contribution in [-0.2, 0) is 10.0 Å². The highest BCUT2D eigenvalue weighted by molar-refractivity contribution is 7.89. The average molecular weight is 466 g/mol. The number of carbonyl (C=O) groups is 1. The van der Waals surface area contributed by atoms with Crippen molar-refractivity contribution in [2.24, 2.45) is 0 Å². The molecule has 0 aliphatic rings. The summed E-state index contributed by atoms with van der Waals surface area (Å²) in [4.78, 5) is 13.2. The van der Waals surface area contributed by atoms with Gasteiger partial charge in [0.25, 0.3) is 5.91 Å². The summed E-state index contributed by atoms with van der Waals surface area (Å²) in [6, 6.07) is 7.05. The van der Waals surface area contributed by atoms with Gasteiger partial charge in [-0.1, -0.05) is 22.8 Å². The molecule has 0 aliphatic carbocycles. The maximum Gasteiger partial charge on any atom is 0.261 e. The fourth-order valence-corrected chi connectivity index (χ4v) is 4.30. The van der Waals surface area contributed by atoms with Crippen LogP contribution in [0.5, 0.6) is 0 Å². The molecule has 0 bridgehead atoms. The number of benzene rings is 2. The lowest BCUT2D eigenvalue weighted by Crippen LogP contribution is -2.23. The van der Waals surface area contributed by atoms with Gasteiger partial charge in [-0.2, -0.15) is 0 Å². The second kappa shape index (κ2) is 8.41. The van der Waals surface area contributed by atoms with Gasteiger partial charge in [0.05, 0.1) is 15.5 Å². The topological polar surface area (TPSA) is 92.5 Å². The molecule has 0 unspecified atom stereocenters. The number of sulfonamides is 1. The van der Waals surface area contributed by atoms with Crippen LogP contribution in [0.2, 0.25) is 5.02 Å². The van der Waals surface area contributed by atoms with E-state index in [1.807, 2.05) is 0 Å². The third-order valence-electron chi connectivity index (χ3n) is 4.96. The van der Waals surface area contributed by atoms with Gasteiger partial charge in [-0.3, -0.25) is 4.79 Å². The number of halogens is 2. The average Bonchev–Trinajstić information content (AvgIpc) is 3.06. The Hall–Kier alpha value is -2.75. The molecule has 31 heavy (non-hydrogen) atoms. The van der Waals surface area contributed by atoms with Crippen molar-refractivity contribution in [2.75, 3.05) is 19.4 Å². The van der Waals surface area contributed by atoms with E-state index >= 15 is 0 Å². The fourth-order valence-electron chi connectivity index (χ4n) is 3.03. The van der Waals surface area contributed by atoms with Crippen molar-refractivity contribution in [3.8, 4) is 11.3 Å². The number of nitrogens with one attached hydrogen (secondary N) is 1. The maximum atomic E-state index is 14.4. The third kappa shape index (κ3) is 4.21. The van der Waals surface area contributed by atoms with Crippen molar-refractivity contribution < 1.29 is 22.1 Å². The number of hydrogen-bond acceptors (Lipinski definition) is 5. The molecule has 0 fully saturated rings. The van der Waals surface area contributed by atoms with E-state index in [2.05, 4.69) is 10.5 Å². The minimum atomic E-state index is -3.71. The lowest BCUT2D eigenvalue weighted by molar-refractivity contribution is 0.102. The Labute approximate surface area is 184 Å². The molecular weight excluding hydrogens is 445 g/mol. The maximum absolute atomic E-state index is 14.4. The van der Waals surface area contributed by atoms with E-state index in [9.17, 15) is 17.6 Å². The zero-order valence-corrected chi connectivity index (χ0v) is 19.2. The summed E-state index contributed by atoms with van der Waals surface area (Å²) >= 11 is 6.13. The molecule has 1 amide bonds. The Balaban J connectivity index is 2.08. The molecule has 1 N–H and O–H groups in total. The highest BCUT2D eigenvalue weighted by atomic mass is 35.5. The molecule has 3 aromatic rings. The van der Waals surface area contributed by atoms with Crippen molar-refractivity contribution in [1.29, 1.82) is 0 Å². The van der Waals surface area contributed by atoms with E-state index in [-0.39, 0.29) is 32.5 Å². The summed E-state index contributed by atoms with van der Waals surface area (Å²) in [5, 5.41) is 6.61. The zero-order valence-electron chi connectivity index (χ0n) is 17.6. The summed E-state index contributed by atoms with van der Waals surface area (Å²) in [6.45, 7) is 5.02. The van der Waals surface area contributed by atoms with Crippen molar-refractivity contribution in [2.45, 2.75) is 25.7 Å². The molecule has 0 saturated heterocycles. The van der Waals surface area contributed by atoms with Gasteiger partial charge < -0.3 is 9.84 Å². The molecule has 1 heterocycles. The number of amides is 1. The van der Waals surface area contributed by atoms with E-state index in [1.54, 1.807) is 13.8 Å². The van der Waals surface area contributed by atoms with E-state index in [1.165, 1.54) is 51.4 Å².